The topological polar surface area (TPSA) is 38.2 Å². The highest BCUT2D eigenvalue weighted by molar-refractivity contribution is 8.01. The first-order valence-electron chi connectivity index (χ1n) is 6.01. The maximum atomic E-state index is 5.71. The molecule has 2 fully saturated rings. The Morgan fingerprint density at radius 3 is 2.94 bits per heavy atom. The monoisotopic (exact) mass is 271 g/mol. The van der Waals surface area contributed by atoms with Crippen molar-refractivity contribution in [3.05, 3.63) is 5.01 Å². The van der Waals surface area contributed by atoms with Crippen LogP contribution in [0.4, 0.5) is 5.13 Å². The Bertz CT molecular complexity index is 403. The van der Waals surface area contributed by atoms with Crippen molar-refractivity contribution in [3.8, 4) is 0 Å². The zero-order valence-corrected chi connectivity index (χ0v) is 11.8. The first kappa shape index (κ1) is 11.7. The zero-order chi connectivity index (χ0) is 11.9. The second kappa shape index (κ2) is 4.40. The van der Waals surface area contributed by atoms with Crippen LogP contribution in [-0.4, -0.2) is 46.5 Å². The molecular weight excluding hydrogens is 254 g/mol. The van der Waals surface area contributed by atoms with Gasteiger partial charge in [-0.2, -0.15) is 0 Å². The fourth-order valence-corrected chi connectivity index (χ4v) is 4.80. The molecule has 0 radical (unpaired) electrons. The molecule has 2 saturated heterocycles. The Labute approximate surface area is 110 Å². The summed E-state index contributed by atoms with van der Waals surface area (Å²) < 4.78 is 6.14. The highest BCUT2D eigenvalue weighted by Gasteiger charge is 2.50. The molecular formula is C11H17N3OS2. The maximum Gasteiger partial charge on any atom is 0.208 e. The van der Waals surface area contributed by atoms with Gasteiger partial charge >= 0.3 is 0 Å². The van der Waals surface area contributed by atoms with Crippen molar-refractivity contribution in [1.82, 2.24) is 10.2 Å². The molecule has 0 aromatic carbocycles. The average Bonchev–Trinajstić information content (AvgIpc) is 2.83. The minimum Gasteiger partial charge on any atom is -0.378 e. The summed E-state index contributed by atoms with van der Waals surface area (Å²) in [5.41, 5.74) is 0. The first-order chi connectivity index (χ1) is 8.21. The number of rotatable bonds is 3. The summed E-state index contributed by atoms with van der Waals surface area (Å²) in [7, 11) is 0. The molecule has 1 atom stereocenters. The fraction of sp³-hybridized carbons (Fsp3) is 0.818. The third kappa shape index (κ3) is 2.18. The van der Waals surface area contributed by atoms with Crippen molar-refractivity contribution in [2.24, 2.45) is 0 Å². The number of ether oxygens (including phenoxy) is 1. The molecule has 4 nitrogen and oxygen atoms in total. The Balaban J connectivity index is 1.58. The van der Waals surface area contributed by atoms with Gasteiger partial charge in [-0.25, -0.2) is 0 Å². The minimum absolute atomic E-state index is 0.430. The molecule has 1 aromatic rings. The van der Waals surface area contributed by atoms with Crippen LogP contribution in [0.3, 0.4) is 0 Å². The molecule has 1 aromatic heterocycles. The van der Waals surface area contributed by atoms with Crippen molar-refractivity contribution >= 4 is 28.2 Å². The average molecular weight is 271 g/mol. The molecule has 94 valence electrons. The van der Waals surface area contributed by atoms with Gasteiger partial charge in [0.2, 0.25) is 5.13 Å². The highest BCUT2D eigenvalue weighted by atomic mass is 32.2. The lowest BCUT2D eigenvalue weighted by Crippen LogP contribution is -2.59. The molecule has 0 N–H and O–H groups in total. The van der Waals surface area contributed by atoms with Crippen LogP contribution in [0.15, 0.2) is 0 Å². The Kier molecular flexibility index (Phi) is 3.04. The summed E-state index contributed by atoms with van der Waals surface area (Å²) in [6.45, 7) is 7.13. The molecule has 0 bridgehead atoms. The van der Waals surface area contributed by atoms with Crippen LogP contribution in [0.5, 0.6) is 0 Å². The lowest BCUT2D eigenvalue weighted by Gasteiger charge is -2.47. The van der Waals surface area contributed by atoms with E-state index in [-0.39, 0.29) is 0 Å². The first-order valence-corrected chi connectivity index (χ1v) is 7.82. The van der Waals surface area contributed by atoms with E-state index in [1.807, 2.05) is 6.92 Å². The molecule has 0 aliphatic carbocycles. The number of aromatic nitrogens is 2. The summed E-state index contributed by atoms with van der Waals surface area (Å²) >= 11 is 3.76. The second-order valence-corrected chi connectivity index (χ2v) is 7.38. The Morgan fingerprint density at radius 1 is 1.47 bits per heavy atom. The van der Waals surface area contributed by atoms with Gasteiger partial charge in [-0.05, 0) is 20.3 Å². The summed E-state index contributed by atoms with van der Waals surface area (Å²) in [5.74, 6) is 1.15. The van der Waals surface area contributed by atoms with E-state index < -0.39 is 0 Å². The Morgan fingerprint density at radius 2 is 2.29 bits per heavy atom. The third-order valence-electron chi connectivity index (χ3n) is 3.32. The molecule has 0 saturated carbocycles. The molecule has 3 rings (SSSR count). The smallest absolute Gasteiger partial charge is 0.208 e. The van der Waals surface area contributed by atoms with E-state index in [0.29, 0.717) is 10.9 Å². The van der Waals surface area contributed by atoms with Crippen LogP contribution in [0.25, 0.3) is 0 Å². The van der Waals surface area contributed by atoms with Crippen molar-refractivity contribution in [3.63, 3.8) is 0 Å². The van der Waals surface area contributed by atoms with Gasteiger partial charge in [-0.15, -0.1) is 22.0 Å². The van der Waals surface area contributed by atoms with E-state index >= 15 is 0 Å². The van der Waals surface area contributed by atoms with Gasteiger partial charge in [0, 0.05) is 25.4 Å². The van der Waals surface area contributed by atoms with Gasteiger partial charge < -0.3 is 9.64 Å². The minimum atomic E-state index is 0.430. The van der Waals surface area contributed by atoms with Crippen LogP contribution in [0, 0.1) is 6.92 Å². The van der Waals surface area contributed by atoms with E-state index in [2.05, 4.69) is 33.8 Å². The molecule has 0 unspecified atom stereocenters. The van der Waals surface area contributed by atoms with Gasteiger partial charge in [0.25, 0.3) is 0 Å². The lowest BCUT2D eigenvalue weighted by atomic mass is 9.93. The van der Waals surface area contributed by atoms with Crippen LogP contribution < -0.4 is 4.90 Å². The van der Waals surface area contributed by atoms with Crippen molar-refractivity contribution in [2.75, 3.05) is 30.3 Å². The quantitative estimate of drug-likeness (QED) is 0.840. The van der Waals surface area contributed by atoms with E-state index in [1.54, 1.807) is 11.3 Å². The molecule has 3 heterocycles. The summed E-state index contributed by atoms with van der Waals surface area (Å²) in [6.07, 6.45) is 1.66. The van der Waals surface area contributed by atoms with Crippen LogP contribution in [0.2, 0.25) is 0 Å². The van der Waals surface area contributed by atoms with Gasteiger partial charge in [0.15, 0.2) is 0 Å². The molecule has 0 amide bonds. The normalized spacial score (nSPS) is 26.5. The van der Waals surface area contributed by atoms with E-state index in [0.717, 1.165) is 35.6 Å². The third-order valence-corrected chi connectivity index (χ3v) is 5.80. The zero-order valence-electron chi connectivity index (χ0n) is 10.2. The number of hydrogen-bond acceptors (Lipinski definition) is 6. The van der Waals surface area contributed by atoms with Gasteiger partial charge in [0.1, 0.15) is 5.01 Å². The number of anilines is 1. The van der Waals surface area contributed by atoms with Gasteiger partial charge in [0.05, 0.1) is 10.9 Å². The number of aryl methyl sites for hydroxylation is 1. The van der Waals surface area contributed by atoms with Crippen LogP contribution in [-0.2, 0) is 4.74 Å². The Hall–Kier alpha value is -0.330. The fourth-order valence-electron chi connectivity index (χ4n) is 2.56. The SMILES string of the molecule is CCO[C@@H]1CSC2(C1)CN(c1nnc(C)s1)C2. The van der Waals surface area contributed by atoms with Crippen LogP contribution in [0.1, 0.15) is 18.4 Å². The van der Waals surface area contributed by atoms with Crippen molar-refractivity contribution in [1.29, 1.82) is 0 Å². The van der Waals surface area contributed by atoms with E-state index in [9.17, 15) is 0 Å². The van der Waals surface area contributed by atoms with Crippen molar-refractivity contribution < 1.29 is 4.74 Å². The highest BCUT2D eigenvalue weighted by Crippen LogP contribution is 2.47. The summed E-state index contributed by atoms with van der Waals surface area (Å²) in [6, 6.07) is 0. The number of thioether (sulfide) groups is 1. The summed E-state index contributed by atoms with van der Waals surface area (Å²) in [4.78, 5) is 2.34. The van der Waals surface area contributed by atoms with Crippen LogP contribution >= 0.6 is 23.1 Å². The molecule has 6 heteroatoms. The maximum absolute atomic E-state index is 5.71. The van der Waals surface area contributed by atoms with Crippen molar-refractivity contribution in [2.45, 2.75) is 31.1 Å². The lowest BCUT2D eigenvalue weighted by molar-refractivity contribution is 0.0699. The molecule has 17 heavy (non-hydrogen) atoms. The largest absolute Gasteiger partial charge is 0.378 e. The van der Waals surface area contributed by atoms with Gasteiger partial charge in [-0.3, -0.25) is 0 Å². The second-order valence-electron chi connectivity index (χ2n) is 4.74. The molecule has 1 spiro atoms. The molecule has 2 aliphatic heterocycles. The molecule has 2 aliphatic rings. The summed E-state index contributed by atoms with van der Waals surface area (Å²) in [5, 5.41) is 10.4. The number of hydrogen-bond donors (Lipinski definition) is 0. The van der Waals surface area contributed by atoms with Gasteiger partial charge in [-0.1, -0.05) is 11.3 Å². The number of nitrogens with zero attached hydrogens (tertiary/aromatic N) is 3. The predicted molar refractivity (Wildman–Crippen MR) is 72.1 cm³/mol. The van der Waals surface area contributed by atoms with E-state index in [1.165, 1.54) is 6.42 Å². The van der Waals surface area contributed by atoms with E-state index in [4.69, 9.17) is 4.74 Å². The standard InChI is InChI=1S/C11H17N3OS2/c1-3-15-9-4-11(16-5-9)6-14(7-11)10-13-12-8(2)17-10/h9H,3-7H2,1-2H3/t9-/m0/s1. The predicted octanol–water partition coefficient (Wildman–Crippen LogP) is 1.95.